The number of allylic oxidation sites excluding steroid dienone is 1. The molecule has 2 aliphatic rings. The second-order valence-electron chi connectivity index (χ2n) is 11.4. The Hall–Kier alpha value is -3.68. The van der Waals surface area contributed by atoms with Crippen LogP contribution in [-0.2, 0) is 15.0 Å². The van der Waals surface area contributed by atoms with Crippen LogP contribution < -0.4 is 10.6 Å². The highest BCUT2D eigenvalue weighted by Gasteiger charge is 2.63. The molecule has 3 atom stereocenters. The first kappa shape index (κ1) is 27.9. The molecule has 1 heterocycles. The molecule has 0 bridgehead atoms. The SMILES string of the molecule is CC(C)(C)CC1C=C(C(=O)Nc2ccc(C(=O)O)cc2)C(c2cccc(Cl)c2F)C12C(=O)Nc1cc(Cl)ccc12. The van der Waals surface area contributed by atoms with Gasteiger partial charge in [-0.2, -0.15) is 0 Å². The average Bonchev–Trinajstić information content (AvgIpc) is 3.35. The van der Waals surface area contributed by atoms with Crippen molar-refractivity contribution in [2.24, 2.45) is 11.3 Å². The highest BCUT2D eigenvalue weighted by Crippen LogP contribution is 2.61. The summed E-state index contributed by atoms with van der Waals surface area (Å²) in [6, 6.07) is 15.4. The summed E-state index contributed by atoms with van der Waals surface area (Å²) in [6.45, 7) is 6.13. The molecule has 206 valence electrons. The number of carbonyl (C=O) groups is 3. The molecule has 0 radical (unpaired) electrons. The fraction of sp³-hybridized carbons (Fsp3) is 0.258. The van der Waals surface area contributed by atoms with Crippen molar-refractivity contribution >= 4 is 52.4 Å². The zero-order valence-electron chi connectivity index (χ0n) is 22.0. The van der Waals surface area contributed by atoms with Crippen LogP contribution in [0.5, 0.6) is 0 Å². The van der Waals surface area contributed by atoms with Crippen molar-refractivity contribution in [3.05, 3.63) is 105 Å². The van der Waals surface area contributed by atoms with Crippen LogP contribution in [0.1, 0.15) is 54.6 Å². The zero-order chi connectivity index (χ0) is 29.0. The lowest BCUT2D eigenvalue weighted by atomic mass is 9.61. The molecule has 1 aliphatic carbocycles. The summed E-state index contributed by atoms with van der Waals surface area (Å²) < 4.78 is 15.8. The van der Waals surface area contributed by atoms with E-state index in [4.69, 9.17) is 23.2 Å². The Morgan fingerprint density at radius 2 is 1.77 bits per heavy atom. The van der Waals surface area contributed by atoms with Gasteiger partial charge in [-0.1, -0.05) is 68.2 Å². The van der Waals surface area contributed by atoms with E-state index < -0.39 is 34.9 Å². The number of anilines is 2. The Kier molecular flexibility index (Phi) is 7.01. The number of nitrogens with one attached hydrogen (secondary N) is 2. The number of amides is 2. The number of hydrogen-bond acceptors (Lipinski definition) is 3. The normalized spacial score (nSPS) is 21.6. The molecule has 9 heteroatoms. The van der Waals surface area contributed by atoms with Crippen LogP contribution in [0.15, 0.2) is 72.3 Å². The number of fused-ring (bicyclic) bond motifs is 2. The van der Waals surface area contributed by atoms with Gasteiger partial charge in [0.05, 0.1) is 16.0 Å². The molecule has 3 unspecified atom stereocenters. The van der Waals surface area contributed by atoms with Crippen LogP contribution in [0.25, 0.3) is 0 Å². The maximum atomic E-state index is 15.8. The molecular weight excluding hydrogens is 554 g/mol. The number of carboxylic acid groups (broad SMARTS) is 1. The molecule has 0 saturated heterocycles. The average molecular weight is 581 g/mol. The minimum atomic E-state index is -1.35. The van der Waals surface area contributed by atoms with Crippen LogP contribution in [0.3, 0.4) is 0 Å². The number of rotatable bonds is 5. The fourth-order valence-corrected chi connectivity index (χ4v) is 6.38. The topological polar surface area (TPSA) is 95.5 Å². The van der Waals surface area contributed by atoms with Crippen LogP contribution in [0, 0.1) is 17.2 Å². The van der Waals surface area contributed by atoms with Gasteiger partial charge in [-0.05, 0) is 71.3 Å². The van der Waals surface area contributed by atoms with Gasteiger partial charge in [0.15, 0.2) is 0 Å². The number of benzene rings is 3. The summed E-state index contributed by atoms with van der Waals surface area (Å²) in [6.07, 6.45) is 2.30. The van der Waals surface area contributed by atoms with E-state index in [1.54, 1.807) is 36.4 Å². The van der Waals surface area contributed by atoms with Gasteiger partial charge in [0.1, 0.15) is 5.82 Å². The predicted molar refractivity (Wildman–Crippen MR) is 154 cm³/mol. The largest absolute Gasteiger partial charge is 0.478 e. The van der Waals surface area contributed by atoms with E-state index in [2.05, 4.69) is 10.6 Å². The molecule has 3 aromatic rings. The van der Waals surface area contributed by atoms with Crippen molar-refractivity contribution in [3.63, 3.8) is 0 Å². The molecule has 0 saturated carbocycles. The summed E-state index contributed by atoms with van der Waals surface area (Å²) in [5, 5.41) is 15.3. The van der Waals surface area contributed by atoms with E-state index in [0.717, 1.165) is 0 Å². The molecule has 2 amide bonds. The quantitative estimate of drug-likeness (QED) is 0.292. The molecule has 0 fully saturated rings. The number of carboxylic acids is 1. The fourth-order valence-electron chi connectivity index (χ4n) is 6.03. The van der Waals surface area contributed by atoms with E-state index in [-0.39, 0.29) is 33.0 Å². The maximum Gasteiger partial charge on any atom is 0.335 e. The van der Waals surface area contributed by atoms with E-state index in [9.17, 15) is 19.5 Å². The van der Waals surface area contributed by atoms with E-state index in [1.165, 1.54) is 30.3 Å². The molecule has 3 aromatic carbocycles. The van der Waals surface area contributed by atoms with Gasteiger partial charge in [0.2, 0.25) is 5.91 Å². The van der Waals surface area contributed by atoms with E-state index >= 15 is 4.39 Å². The molecule has 40 heavy (non-hydrogen) atoms. The highest BCUT2D eigenvalue weighted by atomic mass is 35.5. The third-order valence-corrected chi connectivity index (χ3v) is 8.09. The number of carbonyl (C=O) groups excluding carboxylic acids is 2. The van der Waals surface area contributed by atoms with E-state index in [1.807, 2.05) is 20.8 Å². The second kappa shape index (κ2) is 10.1. The van der Waals surface area contributed by atoms with Crippen LogP contribution in [0.2, 0.25) is 10.0 Å². The highest BCUT2D eigenvalue weighted by molar-refractivity contribution is 6.31. The Morgan fingerprint density at radius 3 is 2.42 bits per heavy atom. The summed E-state index contributed by atoms with van der Waals surface area (Å²) >= 11 is 12.5. The van der Waals surface area contributed by atoms with Crippen molar-refractivity contribution in [2.45, 2.75) is 38.5 Å². The molecule has 0 aromatic heterocycles. The molecule has 1 spiro atoms. The summed E-state index contributed by atoms with van der Waals surface area (Å²) in [5.41, 5.74) is 0.323. The lowest BCUT2D eigenvalue weighted by Gasteiger charge is -2.39. The van der Waals surface area contributed by atoms with Gasteiger partial charge >= 0.3 is 5.97 Å². The maximum absolute atomic E-state index is 15.8. The van der Waals surface area contributed by atoms with Crippen molar-refractivity contribution < 1.29 is 23.9 Å². The standard InChI is InChI=1S/C31H27Cl2FN2O4/c1-30(2,3)15-17-13-21(27(37)35-19-10-7-16(8-11-19)28(38)39)25(20-5-4-6-23(33)26(20)34)31(17)22-12-9-18(32)14-24(22)36-29(31)40/h4-14,17,25H,15H2,1-3H3,(H,35,37)(H,36,40)(H,38,39). The number of hydrogen-bond donors (Lipinski definition) is 3. The molecule has 5 rings (SSSR count). The lowest BCUT2D eigenvalue weighted by Crippen LogP contribution is -2.45. The summed E-state index contributed by atoms with van der Waals surface area (Å²) in [5.74, 6) is -4.17. The van der Waals surface area contributed by atoms with Crippen molar-refractivity contribution in [3.8, 4) is 0 Å². The van der Waals surface area contributed by atoms with Gasteiger partial charge in [-0.15, -0.1) is 0 Å². The molecular formula is C31H27Cl2FN2O4. The summed E-state index contributed by atoms with van der Waals surface area (Å²) in [7, 11) is 0. The monoisotopic (exact) mass is 580 g/mol. The Labute approximate surface area is 241 Å². The number of aromatic carboxylic acids is 1. The van der Waals surface area contributed by atoms with Gasteiger partial charge in [-0.25, -0.2) is 9.18 Å². The third-order valence-electron chi connectivity index (χ3n) is 7.56. The molecule has 1 aliphatic heterocycles. The Morgan fingerprint density at radius 1 is 1.07 bits per heavy atom. The van der Waals surface area contributed by atoms with Crippen molar-refractivity contribution in [1.82, 2.24) is 0 Å². The smallest absolute Gasteiger partial charge is 0.335 e. The third kappa shape index (κ3) is 4.67. The molecule has 6 nitrogen and oxygen atoms in total. The van der Waals surface area contributed by atoms with Crippen LogP contribution >= 0.6 is 23.2 Å². The number of halogens is 3. The first-order chi connectivity index (χ1) is 18.8. The van der Waals surface area contributed by atoms with Gasteiger partial charge in [-0.3, -0.25) is 9.59 Å². The molecule has 3 N–H and O–H groups in total. The first-order valence-corrected chi connectivity index (χ1v) is 13.5. The minimum Gasteiger partial charge on any atom is -0.478 e. The second-order valence-corrected chi connectivity index (χ2v) is 12.3. The summed E-state index contributed by atoms with van der Waals surface area (Å²) in [4.78, 5) is 39.3. The van der Waals surface area contributed by atoms with Crippen LogP contribution in [-0.4, -0.2) is 22.9 Å². The first-order valence-electron chi connectivity index (χ1n) is 12.7. The Balaban J connectivity index is 1.71. The van der Waals surface area contributed by atoms with Gasteiger partial charge < -0.3 is 15.7 Å². The van der Waals surface area contributed by atoms with Crippen molar-refractivity contribution in [2.75, 3.05) is 10.6 Å². The van der Waals surface area contributed by atoms with Gasteiger partial charge in [0.25, 0.3) is 5.91 Å². The van der Waals surface area contributed by atoms with Gasteiger partial charge in [0, 0.05) is 27.9 Å². The predicted octanol–water partition coefficient (Wildman–Crippen LogP) is 7.44. The minimum absolute atomic E-state index is 0.0686. The van der Waals surface area contributed by atoms with Crippen molar-refractivity contribution in [1.29, 1.82) is 0 Å². The Bertz CT molecular complexity index is 1580. The van der Waals surface area contributed by atoms with E-state index in [0.29, 0.717) is 28.4 Å². The lowest BCUT2D eigenvalue weighted by molar-refractivity contribution is -0.122. The zero-order valence-corrected chi connectivity index (χ0v) is 23.5. The van der Waals surface area contributed by atoms with Crippen LogP contribution in [0.4, 0.5) is 15.8 Å².